The zero-order chi connectivity index (χ0) is 12.9. The van der Waals surface area contributed by atoms with Crippen molar-refractivity contribution in [2.45, 2.75) is 76.9 Å². The number of nitrogens with zero attached hydrogens (tertiary/aromatic N) is 2. The molecule has 0 spiro atoms. The molecule has 3 heteroatoms. The van der Waals surface area contributed by atoms with Crippen molar-refractivity contribution in [2.75, 3.05) is 6.54 Å². The average molecular weight is 237 g/mol. The third kappa shape index (κ3) is 3.69. The molecule has 0 radical (unpaired) electrons. The topological polar surface area (TPSA) is 53.0 Å². The van der Waals surface area contributed by atoms with E-state index in [9.17, 15) is 0 Å². The second-order valence-corrected chi connectivity index (χ2v) is 5.45. The standard InChI is InChI=1S/C14H27N3/c1-4-13-8-7-12(3)17(13)10-6-9-14(16,5-2)11-15/h12-13H,4-10,16H2,1-3H3. The van der Waals surface area contributed by atoms with Crippen molar-refractivity contribution in [3.05, 3.63) is 0 Å². The van der Waals surface area contributed by atoms with Crippen molar-refractivity contribution in [3.63, 3.8) is 0 Å². The minimum Gasteiger partial charge on any atom is -0.313 e. The first-order chi connectivity index (χ1) is 8.06. The van der Waals surface area contributed by atoms with Crippen LogP contribution < -0.4 is 5.73 Å². The fourth-order valence-corrected chi connectivity index (χ4v) is 2.86. The van der Waals surface area contributed by atoms with Gasteiger partial charge in [0, 0.05) is 12.1 Å². The van der Waals surface area contributed by atoms with E-state index >= 15 is 0 Å². The Hall–Kier alpha value is -0.590. The van der Waals surface area contributed by atoms with Crippen LogP contribution in [0.15, 0.2) is 0 Å². The van der Waals surface area contributed by atoms with Crippen LogP contribution >= 0.6 is 0 Å². The first kappa shape index (κ1) is 14.5. The van der Waals surface area contributed by atoms with Gasteiger partial charge in [-0.3, -0.25) is 4.90 Å². The number of nitriles is 1. The second kappa shape index (κ2) is 6.37. The molecular weight excluding hydrogens is 210 g/mol. The van der Waals surface area contributed by atoms with Crippen LogP contribution in [0.25, 0.3) is 0 Å². The van der Waals surface area contributed by atoms with Gasteiger partial charge in [-0.1, -0.05) is 13.8 Å². The van der Waals surface area contributed by atoms with Crippen LogP contribution in [0, 0.1) is 11.3 Å². The molecule has 3 unspecified atom stereocenters. The highest BCUT2D eigenvalue weighted by Crippen LogP contribution is 2.26. The second-order valence-electron chi connectivity index (χ2n) is 5.45. The zero-order valence-electron chi connectivity index (χ0n) is 11.6. The summed E-state index contributed by atoms with van der Waals surface area (Å²) in [7, 11) is 0. The van der Waals surface area contributed by atoms with E-state index in [0.29, 0.717) is 6.04 Å². The Morgan fingerprint density at radius 3 is 2.65 bits per heavy atom. The van der Waals surface area contributed by atoms with E-state index in [-0.39, 0.29) is 0 Å². The number of rotatable bonds is 6. The van der Waals surface area contributed by atoms with Crippen LogP contribution in [0.5, 0.6) is 0 Å². The molecule has 0 saturated carbocycles. The SMILES string of the molecule is CCC1CCC(C)N1CCCC(N)(C#N)CC. The summed E-state index contributed by atoms with van der Waals surface area (Å²) in [6.45, 7) is 7.68. The first-order valence-electron chi connectivity index (χ1n) is 7.02. The molecule has 0 aliphatic carbocycles. The van der Waals surface area contributed by atoms with Crippen molar-refractivity contribution in [2.24, 2.45) is 5.73 Å². The van der Waals surface area contributed by atoms with E-state index in [1.165, 1.54) is 19.3 Å². The number of nitrogens with two attached hydrogens (primary N) is 1. The highest BCUT2D eigenvalue weighted by molar-refractivity contribution is 5.03. The smallest absolute Gasteiger partial charge is 0.104 e. The number of likely N-dealkylation sites (tertiary alicyclic amines) is 1. The van der Waals surface area contributed by atoms with Crippen molar-refractivity contribution in [1.82, 2.24) is 4.90 Å². The van der Waals surface area contributed by atoms with Crippen molar-refractivity contribution in [1.29, 1.82) is 5.26 Å². The van der Waals surface area contributed by atoms with Crippen LogP contribution in [0.4, 0.5) is 0 Å². The van der Waals surface area contributed by atoms with E-state index in [2.05, 4.69) is 24.8 Å². The summed E-state index contributed by atoms with van der Waals surface area (Å²) in [6.07, 6.45) is 6.49. The van der Waals surface area contributed by atoms with Gasteiger partial charge in [0.1, 0.15) is 5.54 Å². The van der Waals surface area contributed by atoms with Crippen LogP contribution in [0.3, 0.4) is 0 Å². The molecule has 98 valence electrons. The quantitative estimate of drug-likeness (QED) is 0.772. The maximum atomic E-state index is 9.04. The molecule has 3 atom stereocenters. The summed E-state index contributed by atoms with van der Waals surface area (Å²) in [5, 5.41) is 9.04. The van der Waals surface area contributed by atoms with Crippen molar-refractivity contribution < 1.29 is 0 Å². The van der Waals surface area contributed by atoms with Gasteiger partial charge < -0.3 is 5.73 Å². The molecule has 0 aromatic rings. The number of hydrogen-bond donors (Lipinski definition) is 1. The maximum absolute atomic E-state index is 9.04. The zero-order valence-corrected chi connectivity index (χ0v) is 11.6. The van der Waals surface area contributed by atoms with E-state index in [1.54, 1.807) is 0 Å². The third-order valence-corrected chi connectivity index (χ3v) is 4.32. The minimum absolute atomic E-state index is 0.606. The Kier molecular flexibility index (Phi) is 5.42. The van der Waals surface area contributed by atoms with Gasteiger partial charge in [-0.05, 0) is 52.0 Å². The van der Waals surface area contributed by atoms with E-state index in [1.807, 2.05) is 6.92 Å². The summed E-state index contributed by atoms with van der Waals surface area (Å²) in [6, 6.07) is 3.70. The number of hydrogen-bond acceptors (Lipinski definition) is 3. The molecule has 0 aromatic carbocycles. The van der Waals surface area contributed by atoms with Crippen molar-refractivity contribution >= 4 is 0 Å². The summed E-state index contributed by atoms with van der Waals surface area (Å²) in [5.74, 6) is 0. The molecule has 1 aliphatic heterocycles. The van der Waals surface area contributed by atoms with Gasteiger partial charge in [0.15, 0.2) is 0 Å². The Balaban J connectivity index is 2.38. The summed E-state index contributed by atoms with van der Waals surface area (Å²) < 4.78 is 0. The molecule has 1 saturated heterocycles. The molecule has 0 aromatic heterocycles. The molecule has 17 heavy (non-hydrogen) atoms. The van der Waals surface area contributed by atoms with Gasteiger partial charge in [0.2, 0.25) is 0 Å². The van der Waals surface area contributed by atoms with Gasteiger partial charge in [-0.15, -0.1) is 0 Å². The normalized spacial score (nSPS) is 28.9. The molecule has 1 rings (SSSR count). The van der Waals surface area contributed by atoms with Gasteiger partial charge in [0.25, 0.3) is 0 Å². The predicted molar refractivity (Wildman–Crippen MR) is 71.5 cm³/mol. The average Bonchev–Trinajstić information content (AvgIpc) is 2.70. The molecule has 1 heterocycles. The van der Waals surface area contributed by atoms with E-state index < -0.39 is 5.54 Å². The minimum atomic E-state index is -0.606. The highest BCUT2D eigenvalue weighted by Gasteiger charge is 2.29. The molecule has 1 aliphatic rings. The third-order valence-electron chi connectivity index (χ3n) is 4.32. The summed E-state index contributed by atoms with van der Waals surface area (Å²) in [4.78, 5) is 2.60. The monoisotopic (exact) mass is 237 g/mol. The Morgan fingerprint density at radius 2 is 2.12 bits per heavy atom. The molecule has 1 fully saturated rings. The lowest BCUT2D eigenvalue weighted by molar-refractivity contribution is 0.190. The fourth-order valence-electron chi connectivity index (χ4n) is 2.86. The van der Waals surface area contributed by atoms with E-state index in [4.69, 9.17) is 11.0 Å². The van der Waals surface area contributed by atoms with Crippen LogP contribution in [0.2, 0.25) is 0 Å². The van der Waals surface area contributed by atoms with Gasteiger partial charge in [0.05, 0.1) is 6.07 Å². The van der Waals surface area contributed by atoms with Crippen molar-refractivity contribution in [3.8, 4) is 6.07 Å². The lowest BCUT2D eigenvalue weighted by atomic mass is 9.93. The van der Waals surface area contributed by atoms with E-state index in [0.717, 1.165) is 31.8 Å². The lowest BCUT2D eigenvalue weighted by Crippen LogP contribution is -2.40. The molecule has 0 amide bonds. The lowest BCUT2D eigenvalue weighted by Gasteiger charge is -2.29. The first-order valence-corrected chi connectivity index (χ1v) is 7.02. The molecule has 3 nitrogen and oxygen atoms in total. The molecule has 0 bridgehead atoms. The molecular formula is C14H27N3. The van der Waals surface area contributed by atoms with Crippen LogP contribution in [0.1, 0.15) is 59.3 Å². The van der Waals surface area contributed by atoms with Gasteiger partial charge in [-0.25, -0.2) is 0 Å². The maximum Gasteiger partial charge on any atom is 0.104 e. The van der Waals surface area contributed by atoms with Crippen LogP contribution in [-0.4, -0.2) is 29.1 Å². The fraction of sp³-hybridized carbons (Fsp3) is 0.929. The predicted octanol–water partition coefficient (Wildman–Crippen LogP) is 2.66. The van der Waals surface area contributed by atoms with Crippen LogP contribution in [-0.2, 0) is 0 Å². The largest absolute Gasteiger partial charge is 0.313 e. The van der Waals surface area contributed by atoms with Gasteiger partial charge in [-0.2, -0.15) is 5.26 Å². The Bertz CT molecular complexity index is 271. The summed E-state index contributed by atoms with van der Waals surface area (Å²) in [5.41, 5.74) is 5.40. The Morgan fingerprint density at radius 1 is 1.41 bits per heavy atom. The summed E-state index contributed by atoms with van der Waals surface area (Å²) >= 11 is 0. The van der Waals surface area contributed by atoms with Gasteiger partial charge >= 0.3 is 0 Å². The Labute approximate surface area is 106 Å². The highest BCUT2D eigenvalue weighted by atomic mass is 15.2. The molecule has 2 N–H and O–H groups in total.